The van der Waals surface area contributed by atoms with Crippen LogP contribution in [0.3, 0.4) is 0 Å². The first-order chi connectivity index (χ1) is 10.4. The number of hydrogen-bond donors (Lipinski definition) is 2. The number of aromatic nitrogens is 2. The lowest BCUT2D eigenvalue weighted by Crippen LogP contribution is -2.37. The molecular weight excluding hydrogens is 320 g/mol. The minimum atomic E-state index is -0.909. The first-order valence-electron chi connectivity index (χ1n) is 7.69. The Morgan fingerprint density at radius 2 is 2.09 bits per heavy atom. The molecule has 7 nitrogen and oxygen atoms in total. The van der Waals surface area contributed by atoms with Crippen molar-refractivity contribution in [1.29, 1.82) is 0 Å². The molecule has 0 aliphatic carbocycles. The molecule has 1 aliphatic rings. The summed E-state index contributed by atoms with van der Waals surface area (Å²) in [5.41, 5.74) is -0.311. The summed E-state index contributed by atoms with van der Waals surface area (Å²) < 4.78 is 6.57. The normalized spacial score (nSPS) is 15.6. The van der Waals surface area contributed by atoms with Crippen molar-refractivity contribution >= 4 is 30.0 Å². The van der Waals surface area contributed by atoms with Crippen molar-refractivity contribution in [3.05, 3.63) is 12.4 Å². The Hall–Kier alpha value is -1.60. The summed E-state index contributed by atoms with van der Waals surface area (Å²) in [6.45, 7) is 7.29. The van der Waals surface area contributed by atoms with Gasteiger partial charge in [-0.15, -0.1) is 12.4 Å². The van der Waals surface area contributed by atoms with Crippen molar-refractivity contribution in [2.24, 2.45) is 5.92 Å². The maximum Gasteiger partial charge on any atom is 0.333 e. The van der Waals surface area contributed by atoms with Gasteiger partial charge in [0.25, 0.3) is 0 Å². The highest BCUT2D eigenvalue weighted by Crippen LogP contribution is 2.20. The summed E-state index contributed by atoms with van der Waals surface area (Å²) in [5, 5.41) is 10.3. The number of nitrogens with one attached hydrogen (secondary N) is 2. The van der Waals surface area contributed by atoms with Crippen LogP contribution >= 0.6 is 12.4 Å². The molecule has 1 aliphatic heterocycles. The standard InChI is InChI=1S/C15H24N4O3.ClH/c1-4-22-14(21)15(2,3)19-10-12(9-17-19)18-13(20)11-5-7-16-8-6-11;/h9-11,16H,4-8H2,1-3H3,(H,18,20);1H. The number of amides is 1. The van der Waals surface area contributed by atoms with Gasteiger partial charge in [-0.2, -0.15) is 5.10 Å². The molecule has 23 heavy (non-hydrogen) atoms. The fourth-order valence-corrected chi connectivity index (χ4v) is 2.42. The number of piperidine rings is 1. The van der Waals surface area contributed by atoms with Crippen LogP contribution in [0.1, 0.15) is 33.6 Å². The van der Waals surface area contributed by atoms with E-state index in [4.69, 9.17) is 4.74 Å². The molecule has 0 saturated carbocycles. The molecule has 2 rings (SSSR count). The van der Waals surface area contributed by atoms with Crippen molar-refractivity contribution in [2.75, 3.05) is 25.0 Å². The Bertz CT molecular complexity index is 539. The van der Waals surface area contributed by atoms with E-state index in [0.717, 1.165) is 25.9 Å². The van der Waals surface area contributed by atoms with E-state index in [1.165, 1.54) is 4.68 Å². The van der Waals surface area contributed by atoms with Crippen LogP contribution in [0.15, 0.2) is 12.4 Å². The summed E-state index contributed by atoms with van der Waals surface area (Å²) in [6.07, 6.45) is 4.90. The molecule has 0 spiro atoms. The Balaban J connectivity index is 0.00000264. The van der Waals surface area contributed by atoms with Gasteiger partial charge in [0.15, 0.2) is 5.54 Å². The van der Waals surface area contributed by atoms with Gasteiger partial charge >= 0.3 is 5.97 Å². The van der Waals surface area contributed by atoms with Gasteiger partial charge < -0.3 is 15.4 Å². The molecule has 1 saturated heterocycles. The van der Waals surface area contributed by atoms with Gasteiger partial charge in [-0.05, 0) is 46.7 Å². The van der Waals surface area contributed by atoms with Gasteiger partial charge in [-0.25, -0.2) is 4.79 Å². The predicted molar refractivity (Wildman–Crippen MR) is 89.7 cm³/mol. The first-order valence-corrected chi connectivity index (χ1v) is 7.69. The summed E-state index contributed by atoms with van der Waals surface area (Å²) in [4.78, 5) is 24.2. The molecule has 2 heterocycles. The van der Waals surface area contributed by atoms with Crippen molar-refractivity contribution in [1.82, 2.24) is 15.1 Å². The zero-order valence-corrected chi connectivity index (χ0v) is 14.6. The van der Waals surface area contributed by atoms with Crippen LogP contribution in [0.5, 0.6) is 0 Å². The molecule has 2 N–H and O–H groups in total. The summed E-state index contributed by atoms with van der Waals surface area (Å²) in [5.74, 6) is -0.313. The Labute approximate surface area is 142 Å². The van der Waals surface area contributed by atoms with Gasteiger partial charge in [0.1, 0.15) is 0 Å². The third kappa shape index (κ3) is 4.68. The summed E-state index contributed by atoms with van der Waals surface area (Å²) >= 11 is 0. The number of halogens is 1. The Morgan fingerprint density at radius 1 is 1.43 bits per heavy atom. The number of ether oxygens (including phenoxy) is 1. The minimum Gasteiger partial charge on any atom is -0.464 e. The fourth-order valence-electron chi connectivity index (χ4n) is 2.42. The van der Waals surface area contributed by atoms with Crippen LogP contribution in [0.25, 0.3) is 0 Å². The van der Waals surface area contributed by atoms with E-state index in [1.807, 2.05) is 0 Å². The molecule has 0 atom stereocenters. The van der Waals surface area contributed by atoms with Crippen molar-refractivity contribution < 1.29 is 14.3 Å². The summed E-state index contributed by atoms with van der Waals surface area (Å²) in [7, 11) is 0. The largest absolute Gasteiger partial charge is 0.464 e. The molecular formula is C15H25ClN4O3. The maximum absolute atomic E-state index is 12.2. The van der Waals surface area contributed by atoms with E-state index in [2.05, 4.69) is 15.7 Å². The third-order valence-corrected chi connectivity index (χ3v) is 3.91. The lowest BCUT2D eigenvalue weighted by atomic mass is 9.97. The second-order valence-electron chi connectivity index (χ2n) is 5.97. The topological polar surface area (TPSA) is 85.2 Å². The highest BCUT2D eigenvalue weighted by atomic mass is 35.5. The van der Waals surface area contributed by atoms with Crippen LogP contribution in [-0.2, 0) is 19.9 Å². The average molecular weight is 345 g/mol. The zero-order valence-electron chi connectivity index (χ0n) is 13.8. The van der Waals surface area contributed by atoms with Crippen LogP contribution in [0.2, 0.25) is 0 Å². The number of esters is 1. The zero-order chi connectivity index (χ0) is 16.2. The predicted octanol–water partition coefficient (Wildman–Crippen LogP) is 1.54. The monoisotopic (exact) mass is 344 g/mol. The first kappa shape index (κ1) is 19.4. The van der Waals surface area contributed by atoms with E-state index in [0.29, 0.717) is 12.3 Å². The highest BCUT2D eigenvalue weighted by molar-refractivity contribution is 5.92. The number of nitrogens with zero attached hydrogens (tertiary/aromatic N) is 2. The lowest BCUT2D eigenvalue weighted by molar-refractivity contribution is -0.152. The SMILES string of the molecule is CCOC(=O)C(C)(C)n1cc(NC(=O)C2CCNCC2)cn1.Cl. The molecule has 1 fully saturated rings. The summed E-state index contributed by atoms with van der Waals surface area (Å²) in [6, 6.07) is 0. The fraction of sp³-hybridized carbons (Fsp3) is 0.667. The van der Waals surface area contributed by atoms with Crippen molar-refractivity contribution in [3.8, 4) is 0 Å². The molecule has 8 heteroatoms. The molecule has 0 bridgehead atoms. The van der Waals surface area contributed by atoms with Gasteiger partial charge in [-0.3, -0.25) is 9.48 Å². The number of rotatable bonds is 5. The highest BCUT2D eigenvalue weighted by Gasteiger charge is 2.32. The lowest BCUT2D eigenvalue weighted by Gasteiger charge is -2.23. The molecule has 0 radical (unpaired) electrons. The molecule has 1 amide bonds. The maximum atomic E-state index is 12.2. The average Bonchev–Trinajstić information content (AvgIpc) is 2.97. The second-order valence-corrected chi connectivity index (χ2v) is 5.97. The molecule has 1 aromatic heterocycles. The molecule has 130 valence electrons. The van der Waals surface area contributed by atoms with E-state index >= 15 is 0 Å². The third-order valence-electron chi connectivity index (χ3n) is 3.91. The van der Waals surface area contributed by atoms with E-state index < -0.39 is 5.54 Å². The van der Waals surface area contributed by atoms with Crippen LogP contribution in [0, 0.1) is 5.92 Å². The van der Waals surface area contributed by atoms with E-state index in [-0.39, 0.29) is 30.2 Å². The second kappa shape index (κ2) is 8.31. The van der Waals surface area contributed by atoms with Gasteiger partial charge in [0.2, 0.25) is 5.91 Å². The molecule has 0 unspecified atom stereocenters. The number of carbonyl (C=O) groups is 2. The quantitative estimate of drug-likeness (QED) is 0.791. The van der Waals surface area contributed by atoms with Gasteiger partial charge in [-0.1, -0.05) is 0 Å². The van der Waals surface area contributed by atoms with Crippen LogP contribution in [-0.4, -0.2) is 41.4 Å². The number of hydrogen-bond acceptors (Lipinski definition) is 5. The molecule has 0 aromatic carbocycles. The van der Waals surface area contributed by atoms with E-state index in [9.17, 15) is 9.59 Å². The Kier molecular flexibility index (Phi) is 7.02. The number of carbonyl (C=O) groups excluding carboxylic acids is 2. The van der Waals surface area contributed by atoms with E-state index in [1.54, 1.807) is 33.2 Å². The van der Waals surface area contributed by atoms with Crippen LogP contribution < -0.4 is 10.6 Å². The van der Waals surface area contributed by atoms with Gasteiger partial charge in [0.05, 0.1) is 18.5 Å². The molecule has 1 aromatic rings. The Morgan fingerprint density at radius 3 is 2.70 bits per heavy atom. The smallest absolute Gasteiger partial charge is 0.333 e. The van der Waals surface area contributed by atoms with Crippen LogP contribution in [0.4, 0.5) is 5.69 Å². The van der Waals surface area contributed by atoms with Crippen molar-refractivity contribution in [2.45, 2.75) is 39.2 Å². The number of anilines is 1. The minimum absolute atomic E-state index is 0. The van der Waals surface area contributed by atoms with Gasteiger partial charge in [0, 0.05) is 12.1 Å². The van der Waals surface area contributed by atoms with Crippen molar-refractivity contribution in [3.63, 3.8) is 0 Å².